The zero-order valence-corrected chi connectivity index (χ0v) is 24.3. The van der Waals surface area contributed by atoms with Crippen molar-refractivity contribution in [3.05, 3.63) is 89.0 Å². The summed E-state index contributed by atoms with van der Waals surface area (Å²) in [5.74, 6) is 0.738. The van der Waals surface area contributed by atoms with Gasteiger partial charge in [-0.1, -0.05) is 60.7 Å². The number of methoxy groups -OCH3 is 1. The van der Waals surface area contributed by atoms with Crippen LogP contribution in [-0.2, 0) is 22.6 Å². The third kappa shape index (κ3) is 6.82. The second-order valence-corrected chi connectivity index (χ2v) is 11.6. The molecule has 41 heavy (non-hydrogen) atoms. The Hall–Kier alpha value is -4.04. The Kier molecular flexibility index (Phi) is 8.49. The number of hydrogen-bond donors (Lipinski definition) is 1. The Labute approximate surface area is 242 Å². The molecule has 0 radical (unpaired) electrons. The zero-order chi connectivity index (χ0) is 29.0. The number of rotatable bonds is 7. The van der Waals surface area contributed by atoms with Crippen LogP contribution >= 0.6 is 0 Å². The van der Waals surface area contributed by atoms with Gasteiger partial charge in [0.05, 0.1) is 7.11 Å². The van der Waals surface area contributed by atoms with Crippen LogP contribution in [0.15, 0.2) is 66.7 Å². The van der Waals surface area contributed by atoms with Gasteiger partial charge in [-0.2, -0.15) is 0 Å². The zero-order valence-electron chi connectivity index (χ0n) is 24.3. The highest BCUT2D eigenvalue weighted by Gasteiger charge is 2.29. The third-order valence-corrected chi connectivity index (χ3v) is 7.55. The smallest absolute Gasteiger partial charge is 0.410 e. The number of carbonyl (C=O) groups is 2. The SMILES string of the molecule is COc1cc(CN2CCN(C(=O)OC(C)(C)C)CC2)ccc1CNC(=O)OCC1c2ccccc2-c2ccccc21. The molecule has 0 saturated carbocycles. The minimum Gasteiger partial charge on any atom is -0.496 e. The Balaban J connectivity index is 1.12. The van der Waals surface area contributed by atoms with E-state index in [1.165, 1.54) is 22.3 Å². The lowest BCUT2D eigenvalue weighted by Crippen LogP contribution is -2.49. The monoisotopic (exact) mass is 557 g/mol. The fraction of sp³-hybridized carbons (Fsp3) is 0.394. The summed E-state index contributed by atoms with van der Waals surface area (Å²) in [5.41, 5.74) is 6.26. The average Bonchev–Trinajstić information content (AvgIpc) is 3.28. The van der Waals surface area contributed by atoms with Crippen LogP contribution in [0.3, 0.4) is 0 Å². The van der Waals surface area contributed by atoms with E-state index in [0.717, 1.165) is 30.8 Å². The summed E-state index contributed by atoms with van der Waals surface area (Å²) in [4.78, 5) is 29.1. The number of nitrogens with one attached hydrogen (secondary N) is 1. The van der Waals surface area contributed by atoms with E-state index in [-0.39, 0.29) is 18.6 Å². The minimum absolute atomic E-state index is 0.0213. The fourth-order valence-electron chi connectivity index (χ4n) is 5.52. The lowest BCUT2D eigenvalue weighted by atomic mass is 9.98. The van der Waals surface area contributed by atoms with Crippen molar-refractivity contribution < 1.29 is 23.8 Å². The first-order valence-corrected chi connectivity index (χ1v) is 14.2. The van der Waals surface area contributed by atoms with E-state index in [2.05, 4.69) is 40.5 Å². The first-order valence-electron chi connectivity index (χ1n) is 14.2. The van der Waals surface area contributed by atoms with Crippen LogP contribution in [-0.4, -0.2) is 67.5 Å². The largest absolute Gasteiger partial charge is 0.496 e. The maximum atomic E-state index is 12.7. The molecule has 1 saturated heterocycles. The molecule has 3 aromatic rings. The first-order chi connectivity index (χ1) is 19.7. The lowest BCUT2D eigenvalue weighted by molar-refractivity contribution is 0.0139. The van der Waals surface area contributed by atoms with Gasteiger partial charge in [0, 0.05) is 50.7 Å². The number of carbonyl (C=O) groups excluding carboxylic acids is 2. The van der Waals surface area contributed by atoms with E-state index < -0.39 is 11.7 Å². The highest BCUT2D eigenvalue weighted by molar-refractivity contribution is 5.79. The van der Waals surface area contributed by atoms with Crippen LogP contribution in [0.25, 0.3) is 11.1 Å². The second-order valence-electron chi connectivity index (χ2n) is 11.6. The van der Waals surface area contributed by atoms with Gasteiger partial charge in [0.2, 0.25) is 0 Å². The molecule has 3 aromatic carbocycles. The van der Waals surface area contributed by atoms with Gasteiger partial charge < -0.3 is 24.4 Å². The maximum absolute atomic E-state index is 12.7. The number of benzene rings is 3. The molecule has 216 valence electrons. The van der Waals surface area contributed by atoms with Gasteiger partial charge in [-0.25, -0.2) is 9.59 Å². The Morgan fingerprint density at radius 3 is 2.15 bits per heavy atom. The fourth-order valence-corrected chi connectivity index (χ4v) is 5.52. The number of nitrogens with zero attached hydrogens (tertiary/aromatic N) is 2. The molecule has 0 atom stereocenters. The summed E-state index contributed by atoms with van der Waals surface area (Å²) >= 11 is 0. The van der Waals surface area contributed by atoms with Crippen molar-refractivity contribution in [2.75, 3.05) is 39.9 Å². The number of piperazine rings is 1. The summed E-state index contributed by atoms with van der Waals surface area (Å²) in [7, 11) is 1.63. The predicted molar refractivity (Wildman–Crippen MR) is 158 cm³/mol. The molecule has 1 aliphatic heterocycles. The van der Waals surface area contributed by atoms with Crippen LogP contribution in [0.5, 0.6) is 5.75 Å². The van der Waals surface area contributed by atoms with Gasteiger partial charge >= 0.3 is 12.2 Å². The molecule has 2 amide bonds. The van der Waals surface area contributed by atoms with E-state index in [0.29, 0.717) is 25.4 Å². The highest BCUT2D eigenvalue weighted by atomic mass is 16.6. The van der Waals surface area contributed by atoms with Gasteiger partial charge in [-0.15, -0.1) is 0 Å². The van der Waals surface area contributed by atoms with Gasteiger partial charge in [-0.05, 0) is 54.7 Å². The summed E-state index contributed by atoms with van der Waals surface area (Å²) in [6.45, 7) is 9.77. The molecule has 1 heterocycles. The van der Waals surface area contributed by atoms with Gasteiger partial charge in [0.15, 0.2) is 0 Å². The number of alkyl carbamates (subject to hydrolysis) is 1. The molecule has 0 spiro atoms. The van der Waals surface area contributed by atoms with Gasteiger partial charge in [0.25, 0.3) is 0 Å². The van der Waals surface area contributed by atoms with Crippen molar-refractivity contribution in [3.8, 4) is 16.9 Å². The second kappa shape index (κ2) is 12.2. The van der Waals surface area contributed by atoms with E-state index in [9.17, 15) is 9.59 Å². The van der Waals surface area contributed by atoms with Crippen molar-refractivity contribution >= 4 is 12.2 Å². The molecular weight excluding hydrogens is 518 g/mol. The van der Waals surface area contributed by atoms with E-state index in [1.807, 2.05) is 57.2 Å². The van der Waals surface area contributed by atoms with Crippen molar-refractivity contribution in [2.45, 2.75) is 45.4 Å². The summed E-state index contributed by atoms with van der Waals surface area (Å²) in [5, 5.41) is 2.88. The molecule has 0 aromatic heterocycles. The summed E-state index contributed by atoms with van der Waals surface area (Å²) < 4.78 is 16.8. The molecular formula is C33H39N3O5. The molecule has 0 unspecified atom stereocenters. The molecule has 5 rings (SSSR count). The molecule has 8 heteroatoms. The minimum atomic E-state index is -0.494. The first kappa shape index (κ1) is 28.5. The molecule has 1 fully saturated rings. The van der Waals surface area contributed by atoms with E-state index >= 15 is 0 Å². The molecule has 2 aliphatic rings. The summed E-state index contributed by atoms with van der Waals surface area (Å²) in [6, 6.07) is 22.6. The van der Waals surface area contributed by atoms with Crippen LogP contribution in [0.1, 0.15) is 48.9 Å². The van der Waals surface area contributed by atoms with Crippen molar-refractivity contribution in [3.63, 3.8) is 0 Å². The van der Waals surface area contributed by atoms with Crippen LogP contribution in [0.4, 0.5) is 9.59 Å². The molecule has 1 N–H and O–H groups in total. The van der Waals surface area contributed by atoms with E-state index in [4.69, 9.17) is 14.2 Å². The average molecular weight is 558 g/mol. The number of hydrogen-bond acceptors (Lipinski definition) is 6. The van der Waals surface area contributed by atoms with Crippen molar-refractivity contribution in [2.24, 2.45) is 0 Å². The van der Waals surface area contributed by atoms with Gasteiger partial charge in [0.1, 0.15) is 18.0 Å². The Morgan fingerprint density at radius 2 is 1.54 bits per heavy atom. The van der Waals surface area contributed by atoms with Crippen LogP contribution in [0, 0.1) is 0 Å². The van der Waals surface area contributed by atoms with Crippen molar-refractivity contribution in [1.29, 1.82) is 0 Å². The normalized spacial score (nSPS) is 15.2. The number of ether oxygens (including phenoxy) is 3. The van der Waals surface area contributed by atoms with Crippen LogP contribution < -0.4 is 10.1 Å². The Bertz CT molecular complexity index is 1350. The maximum Gasteiger partial charge on any atom is 0.410 e. The quantitative estimate of drug-likeness (QED) is 0.396. The number of fused-ring (bicyclic) bond motifs is 3. The highest BCUT2D eigenvalue weighted by Crippen LogP contribution is 2.44. The van der Waals surface area contributed by atoms with Gasteiger partial charge in [-0.3, -0.25) is 4.90 Å². The lowest BCUT2D eigenvalue weighted by Gasteiger charge is -2.35. The molecule has 1 aliphatic carbocycles. The molecule has 0 bridgehead atoms. The predicted octanol–water partition coefficient (Wildman–Crippen LogP) is 5.79. The third-order valence-electron chi connectivity index (χ3n) is 7.55. The summed E-state index contributed by atoms with van der Waals surface area (Å²) in [6.07, 6.45) is -0.715. The standard InChI is InChI=1S/C33H39N3O5/c1-33(2,3)41-32(38)36-17-15-35(16-18-36)21-23-13-14-24(30(19-23)39-4)20-34-31(37)40-22-29-27-11-7-5-9-25(27)26-10-6-8-12-28(26)29/h5-14,19,29H,15-18,20-22H2,1-4H3,(H,34,37). The van der Waals surface area contributed by atoms with Crippen LogP contribution in [0.2, 0.25) is 0 Å². The van der Waals surface area contributed by atoms with E-state index in [1.54, 1.807) is 12.0 Å². The Morgan fingerprint density at radius 1 is 0.902 bits per heavy atom. The molecule has 8 nitrogen and oxygen atoms in total. The topological polar surface area (TPSA) is 80.3 Å². The number of amides is 2. The van der Waals surface area contributed by atoms with Crippen molar-refractivity contribution in [1.82, 2.24) is 15.1 Å².